The van der Waals surface area contributed by atoms with Crippen LogP contribution < -0.4 is 0 Å². The predicted molar refractivity (Wildman–Crippen MR) is 61.7 cm³/mol. The molecule has 3 heterocycles. The summed E-state index contributed by atoms with van der Waals surface area (Å²) < 4.78 is 1.93. The number of pyridine rings is 1. The van der Waals surface area contributed by atoms with Crippen LogP contribution in [0, 0.1) is 0 Å². The van der Waals surface area contributed by atoms with Gasteiger partial charge in [0, 0.05) is 24.0 Å². The molecule has 3 aromatic heterocycles. The molecule has 4 nitrogen and oxygen atoms in total. The molecule has 0 spiro atoms. The van der Waals surface area contributed by atoms with Crippen LogP contribution in [0.4, 0.5) is 0 Å². The summed E-state index contributed by atoms with van der Waals surface area (Å²) in [6, 6.07) is 5.76. The zero-order valence-corrected chi connectivity index (χ0v) is 8.96. The zero-order valence-electron chi connectivity index (χ0n) is 8.21. The Morgan fingerprint density at radius 2 is 2.06 bits per heavy atom. The van der Waals surface area contributed by atoms with Crippen molar-refractivity contribution in [3.05, 3.63) is 48.3 Å². The number of fused-ring (bicyclic) bond motifs is 1. The highest BCUT2D eigenvalue weighted by molar-refractivity contribution is 6.28. The number of halogens is 1. The molecular weight excluding hydrogens is 224 g/mol. The number of nitrogens with zero attached hydrogens (tertiary/aromatic N) is 4. The average molecular weight is 231 g/mol. The van der Waals surface area contributed by atoms with E-state index in [0.29, 0.717) is 0 Å². The van der Waals surface area contributed by atoms with Crippen LogP contribution in [0.5, 0.6) is 0 Å². The van der Waals surface area contributed by atoms with Gasteiger partial charge in [-0.2, -0.15) is 4.98 Å². The third-order valence-corrected chi connectivity index (χ3v) is 2.54. The van der Waals surface area contributed by atoms with Crippen molar-refractivity contribution in [2.75, 3.05) is 0 Å². The topological polar surface area (TPSA) is 43.6 Å². The summed E-state index contributed by atoms with van der Waals surface area (Å²) in [5.41, 5.74) is 0.997. The van der Waals surface area contributed by atoms with E-state index in [-0.39, 0.29) is 5.28 Å². The lowest BCUT2D eigenvalue weighted by molar-refractivity contribution is 1.01. The monoisotopic (exact) mass is 230 g/mol. The molecule has 3 aromatic rings. The maximum Gasteiger partial charge on any atom is 0.224 e. The van der Waals surface area contributed by atoms with Gasteiger partial charge in [-0.1, -0.05) is 0 Å². The van der Waals surface area contributed by atoms with Crippen molar-refractivity contribution in [3.63, 3.8) is 0 Å². The highest BCUT2D eigenvalue weighted by Crippen LogP contribution is 2.18. The van der Waals surface area contributed by atoms with E-state index in [9.17, 15) is 0 Å². The van der Waals surface area contributed by atoms with Crippen molar-refractivity contribution in [1.29, 1.82) is 0 Å². The van der Waals surface area contributed by atoms with Crippen LogP contribution >= 0.6 is 11.6 Å². The smallest absolute Gasteiger partial charge is 0.224 e. The minimum Gasteiger partial charge on any atom is -0.300 e. The maximum absolute atomic E-state index is 5.76. The number of aromatic nitrogens is 4. The van der Waals surface area contributed by atoms with Gasteiger partial charge in [0.25, 0.3) is 0 Å². The lowest BCUT2D eigenvalue weighted by Gasteiger charge is -2.03. The van der Waals surface area contributed by atoms with Crippen molar-refractivity contribution < 1.29 is 0 Å². The van der Waals surface area contributed by atoms with Gasteiger partial charge in [0.15, 0.2) is 0 Å². The summed E-state index contributed by atoms with van der Waals surface area (Å²) >= 11 is 5.76. The SMILES string of the molecule is Clc1nccc(-n2ccc3ccncc32)n1. The fourth-order valence-electron chi connectivity index (χ4n) is 1.63. The molecule has 0 aliphatic heterocycles. The van der Waals surface area contributed by atoms with Crippen LogP contribution in [0.15, 0.2) is 43.0 Å². The summed E-state index contributed by atoms with van der Waals surface area (Å²) in [4.78, 5) is 12.1. The van der Waals surface area contributed by atoms with E-state index in [1.54, 1.807) is 24.7 Å². The van der Waals surface area contributed by atoms with Crippen LogP contribution in [0.25, 0.3) is 16.7 Å². The predicted octanol–water partition coefficient (Wildman–Crippen LogP) is 2.47. The second-order valence-electron chi connectivity index (χ2n) is 3.30. The van der Waals surface area contributed by atoms with Crippen molar-refractivity contribution >= 4 is 22.5 Å². The van der Waals surface area contributed by atoms with Crippen molar-refractivity contribution in [2.24, 2.45) is 0 Å². The van der Waals surface area contributed by atoms with E-state index in [4.69, 9.17) is 11.6 Å². The molecule has 3 rings (SSSR count). The average Bonchev–Trinajstić information content (AvgIpc) is 2.72. The first kappa shape index (κ1) is 9.30. The Bertz CT molecular complexity index is 647. The first-order valence-corrected chi connectivity index (χ1v) is 5.12. The molecule has 0 atom stereocenters. The molecule has 0 saturated heterocycles. The van der Waals surface area contributed by atoms with E-state index >= 15 is 0 Å². The van der Waals surface area contributed by atoms with E-state index < -0.39 is 0 Å². The van der Waals surface area contributed by atoms with E-state index in [2.05, 4.69) is 15.0 Å². The van der Waals surface area contributed by atoms with Crippen molar-refractivity contribution in [2.45, 2.75) is 0 Å². The van der Waals surface area contributed by atoms with Gasteiger partial charge in [-0.05, 0) is 29.8 Å². The summed E-state index contributed by atoms with van der Waals surface area (Å²) in [5, 5.41) is 1.35. The molecule has 0 radical (unpaired) electrons. The molecular formula is C11H7ClN4. The minimum absolute atomic E-state index is 0.239. The Kier molecular flexibility index (Phi) is 2.08. The fraction of sp³-hybridized carbons (Fsp3) is 0. The van der Waals surface area contributed by atoms with Gasteiger partial charge in [0.1, 0.15) is 5.82 Å². The fourth-order valence-corrected chi connectivity index (χ4v) is 1.78. The minimum atomic E-state index is 0.239. The van der Waals surface area contributed by atoms with E-state index in [1.807, 2.05) is 22.9 Å². The van der Waals surface area contributed by atoms with Crippen LogP contribution in [-0.2, 0) is 0 Å². The molecule has 0 aliphatic rings. The quantitative estimate of drug-likeness (QED) is 0.603. The van der Waals surface area contributed by atoms with Gasteiger partial charge in [-0.3, -0.25) is 9.55 Å². The largest absolute Gasteiger partial charge is 0.300 e. The van der Waals surface area contributed by atoms with Crippen molar-refractivity contribution in [1.82, 2.24) is 19.5 Å². The second kappa shape index (κ2) is 3.57. The Morgan fingerprint density at radius 1 is 1.12 bits per heavy atom. The van der Waals surface area contributed by atoms with Gasteiger partial charge >= 0.3 is 0 Å². The molecule has 0 bridgehead atoms. The second-order valence-corrected chi connectivity index (χ2v) is 3.64. The van der Waals surface area contributed by atoms with Gasteiger partial charge < -0.3 is 0 Å². The maximum atomic E-state index is 5.76. The van der Waals surface area contributed by atoms with Gasteiger partial charge in [0.2, 0.25) is 5.28 Å². The Morgan fingerprint density at radius 3 is 2.94 bits per heavy atom. The standard InChI is InChI=1S/C11H7ClN4/c12-11-14-5-2-10(15-11)16-6-3-8-1-4-13-7-9(8)16/h1-7H. The van der Waals surface area contributed by atoms with Gasteiger partial charge in [0.05, 0.1) is 11.7 Å². The first-order valence-electron chi connectivity index (χ1n) is 4.74. The molecule has 5 heteroatoms. The molecule has 0 unspecified atom stereocenters. The van der Waals surface area contributed by atoms with Gasteiger partial charge in [-0.25, -0.2) is 4.98 Å². The molecule has 0 amide bonds. The summed E-state index contributed by atoms with van der Waals surface area (Å²) in [5.74, 6) is 0.739. The molecule has 0 aliphatic carbocycles. The van der Waals surface area contributed by atoms with Crippen LogP contribution in [0.1, 0.15) is 0 Å². The third kappa shape index (κ3) is 1.44. The highest BCUT2D eigenvalue weighted by atomic mass is 35.5. The lowest BCUT2D eigenvalue weighted by Crippen LogP contribution is -1.96. The van der Waals surface area contributed by atoms with Gasteiger partial charge in [-0.15, -0.1) is 0 Å². The number of rotatable bonds is 1. The summed E-state index contributed by atoms with van der Waals surface area (Å²) in [7, 11) is 0. The van der Waals surface area contributed by atoms with E-state index in [1.165, 1.54) is 0 Å². The first-order chi connectivity index (χ1) is 7.84. The van der Waals surface area contributed by atoms with E-state index in [0.717, 1.165) is 16.7 Å². The molecule has 0 saturated carbocycles. The van der Waals surface area contributed by atoms with Crippen LogP contribution in [0.3, 0.4) is 0 Å². The summed E-state index contributed by atoms with van der Waals surface area (Å²) in [6.07, 6.45) is 7.13. The zero-order chi connectivity index (χ0) is 11.0. The van der Waals surface area contributed by atoms with Crippen LogP contribution in [0.2, 0.25) is 5.28 Å². The highest BCUT2D eigenvalue weighted by Gasteiger charge is 2.04. The lowest BCUT2D eigenvalue weighted by atomic mass is 10.3. The molecule has 0 fully saturated rings. The Labute approximate surface area is 96.6 Å². The Hall–Kier alpha value is -1.94. The molecule has 0 aromatic carbocycles. The normalized spacial score (nSPS) is 10.8. The third-order valence-electron chi connectivity index (χ3n) is 2.35. The Balaban J connectivity index is 2.26. The summed E-state index contributed by atoms with van der Waals surface area (Å²) in [6.45, 7) is 0. The number of hydrogen-bond acceptors (Lipinski definition) is 3. The molecule has 16 heavy (non-hydrogen) atoms. The molecule has 0 N–H and O–H groups in total. The number of hydrogen-bond donors (Lipinski definition) is 0. The molecule has 78 valence electrons. The van der Waals surface area contributed by atoms with Crippen LogP contribution in [-0.4, -0.2) is 19.5 Å². The van der Waals surface area contributed by atoms with Crippen molar-refractivity contribution in [3.8, 4) is 5.82 Å².